The summed E-state index contributed by atoms with van der Waals surface area (Å²) in [6.07, 6.45) is 5.10. The zero-order valence-electron chi connectivity index (χ0n) is 10.8. The molecule has 2 aromatic rings. The zero-order valence-corrected chi connectivity index (χ0v) is 11.6. The summed E-state index contributed by atoms with van der Waals surface area (Å²) in [4.78, 5) is 3.96. The van der Waals surface area contributed by atoms with Gasteiger partial charge in [0.2, 0.25) is 0 Å². The van der Waals surface area contributed by atoms with Gasteiger partial charge in [0.1, 0.15) is 5.75 Å². The maximum Gasteiger partial charge on any atom is 0.118 e. The van der Waals surface area contributed by atoms with Crippen molar-refractivity contribution in [1.29, 1.82) is 0 Å². The van der Waals surface area contributed by atoms with E-state index in [1.54, 1.807) is 19.5 Å². The molecule has 1 unspecified atom stereocenters. The van der Waals surface area contributed by atoms with Crippen LogP contribution >= 0.6 is 11.6 Å². The summed E-state index contributed by atoms with van der Waals surface area (Å²) >= 11 is 6.08. The van der Waals surface area contributed by atoms with Crippen LogP contribution in [0.4, 0.5) is 0 Å². The number of pyridine rings is 1. The second-order valence-corrected chi connectivity index (χ2v) is 4.80. The van der Waals surface area contributed by atoms with E-state index >= 15 is 0 Å². The largest absolute Gasteiger partial charge is 0.497 e. The summed E-state index contributed by atoms with van der Waals surface area (Å²) < 4.78 is 5.13. The lowest BCUT2D eigenvalue weighted by atomic mass is 10.0. The van der Waals surface area contributed by atoms with E-state index in [0.717, 1.165) is 24.2 Å². The number of methoxy groups -OCH3 is 1. The summed E-state index contributed by atoms with van der Waals surface area (Å²) in [7, 11) is 1.66. The van der Waals surface area contributed by atoms with Crippen LogP contribution in [0.5, 0.6) is 5.75 Å². The van der Waals surface area contributed by atoms with Gasteiger partial charge in [-0.15, -0.1) is 0 Å². The molecule has 0 spiro atoms. The predicted octanol–water partition coefficient (Wildman–Crippen LogP) is 3.38. The van der Waals surface area contributed by atoms with Crippen LogP contribution in [0.25, 0.3) is 0 Å². The van der Waals surface area contributed by atoms with Crippen molar-refractivity contribution in [2.75, 3.05) is 7.11 Å². The highest BCUT2D eigenvalue weighted by atomic mass is 35.5. The van der Waals surface area contributed by atoms with Crippen LogP contribution in [0, 0.1) is 0 Å². The van der Waals surface area contributed by atoms with Crippen molar-refractivity contribution in [3.05, 3.63) is 58.9 Å². The minimum atomic E-state index is -0.0717. The molecule has 1 aromatic carbocycles. The molecule has 1 aromatic heterocycles. The molecule has 0 bridgehead atoms. The van der Waals surface area contributed by atoms with Gasteiger partial charge in [0.15, 0.2) is 0 Å². The summed E-state index contributed by atoms with van der Waals surface area (Å²) in [5.41, 5.74) is 8.35. The van der Waals surface area contributed by atoms with Gasteiger partial charge in [-0.1, -0.05) is 23.7 Å². The number of hydrogen-bond acceptors (Lipinski definition) is 3. The molecule has 0 saturated heterocycles. The highest BCUT2D eigenvalue weighted by Gasteiger charge is 2.10. The van der Waals surface area contributed by atoms with Crippen LogP contribution < -0.4 is 10.5 Å². The van der Waals surface area contributed by atoms with Gasteiger partial charge in [0.25, 0.3) is 0 Å². The molecule has 0 amide bonds. The number of benzene rings is 1. The summed E-state index contributed by atoms with van der Waals surface area (Å²) in [5, 5.41) is 0.629. The lowest BCUT2D eigenvalue weighted by Crippen LogP contribution is -2.12. The van der Waals surface area contributed by atoms with Gasteiger partial charge >= 0.3 is 0 Å². The third-order valence-corrected chi connectivity index (χ3v) is 3.42. The first kappa shape index (κ1) is 13.8. The molecule has 0 aliphatic heterocycles. The highest BCUT2D eigenvalue weighted by molar-refractivity contribution is 6.31. The minimum absolute atomic E-state index is 0.0717. The van der Waals surface area contributed by atoms with Gasteiger partial charge in [-0.05, 0) is 42.2 Å². The second-order valence-electron chi connectivity index (χ2n) is 4.39. The highest BCUT2D eigenvalue weighted by Crippen LogP contribution is 2.23. The molecule has 1 atom stereocenters. The molecule has 0 aliphatic rings. The summed E-state index contributed by atoms with van der Waals surface area (Å²) in [6, 6.07) is 9.83. The summed E-state index contributed by atoms with van der Waals surface area (Å²) in [5.74, 6) is 0.866. The molecule has 2 rings (SSSR count). The molecular formula is C15H17ClN2O. The first-order valence-corrected chi connectivity index (χ1v) is 6.56. The van der Waals surface area contributed by atoms with Gasteiger partial charge in [-0.25, -0.2) is 0 Å². The van der Waals surface area contributed by atoms with Crippen molar-refractivity contribution in [3.8, 4) is 5.75 Å². The number of rotatable bonds is 5. The van der Waals surface area contributed by atoms with E-state index in [2.05, 4.69) is 17.1 Å². The Morgan fingerprint density at radius 2 is 2.00 bits per heavy atom. The quantitative estimate of drug-likeness (QED) is 0.911. The van der Waals surface area contributed by atoms with E-state index in [9.17, 15) is 0 Å². The first-order valence-electron chi connectivity index (χ1n) is 6.18. The van der Waals surface area contributed by atoms with Crippen molar-refractivity contribution in [2.45, 2.75) is 18.9 Å². The molecule has 100 valence electrons. The average Bonchev–Trinajstić information content (AvgIpc) is 2.46. The Kier molecular flexibility index (Phi) is 4.77. The topological polar surface area (TPSA) is 48.1 Å². The molecular weight excluding hydrogens is 260 g/mol. The van der Waals surface area contributed by atoms with Crippen molar-refractivity contribution in [2.24, 2.45) is 5.73 Å². The number of aryl methyl sites for hydroxylation is 1. The van der Waals surface area contributed by atoms with E-state index in [1.165, 1.54) is 5.56 Å². The number of nitrogens with zero attached hydrogens (tertiary/aromatic N) is 1. The van der Waals surface area contributed by atoms with Crippen LogP contribution in [-0.2, 0) is 6.42 Å². The fourth-order valence-corrected chi connectivity index (χ4v) is 2.22. The number of nitrogens with two attached hydrogens (primary N) is 1. The van der Waals surface area contributed by atoms with E-state index < -0.39 is 0 Å². The van der Waals surface area contributed by atoms with Gasteiger partial charge in [0, 0.05) is 18.4 Å². The minimum Gasteiger partial charge on any atom is -0.497 e. The maximum atomic E-state index is 6.16. The number of halogens is 1. The van der Waals surface area contributed by atoms with E-state index in [-0.39, 0.29) is 6.04 Å². The lowest BCUT2D eigenvalue weighted by Gasteiger charge is -2.13. The number of ether oxygens (including phenoxy) is 1. The first-order chi connectivity index (χ1) is 9.20. The van der Waals surface area contributed by atoms with E-state index in [0.29, 0.717) is 5.02 Å². The Morgan fingerprint density at radius 3 is 2.63 bits per heavy atom. The normalized spacial score (nSPS) is 12.2. The molecule has 4 heteroatoms. The molecule has 1 heterocycles. The third kappa shape index (κ3) is 3.69. The smallest absolute Gasteiger partial charge is 0.118 e. The van der Waals surface area contributed by atoms with E-state index in [1.807, 2.05) is 18.2 Å². The second kappa shape index (κ2) is 6.55. The van der Waals surface area contributed by atoms with Gasteiger partial charge in [0.05, 0.1) is 12.1 Å². The Balaban J connectivity index is 1.96. The van der Waals surface area contributed by atoms with Gasteiger partial charge in [-0.2, -0.15) is 0 Å². The monoisotopic (exact) mass is 276 g/mol. The number of hydrogen-bond donors (Lipinski definition) is 1. The SMILES string of the molecule is COc1ccc(CCC(N)c2ccncc2Cl)cc1. The molecule has 0 saturated carbocycles. The van der Waals surface area contributed by atoms with E-state index in [4.69, 9.17) is 22.1 Å². The molecule has 3 nitrogen and oxygen atoms in total. The number of aromatic nitrogens is 1. The molecule has 0 radical (unpaired) electrons. The van der Waals surface area contributed by atoms with Crippen LogP contribution in [0.2, 0.25) is 5.02 Å². The van der Waals surface area contributed by atoms with Gasteiger partial charge in [-0.3, -0.25) is 4.98 Å². The average molecular weight is 277 g/mol. The Labute approximate surface area is 118 Å². The maximum absolute atomic E-state index is 6.16. The van der Waals surface area contributed by atoms with Crippen molar-refractivity contribution >= 4 is 11.6 Å². The van der Waals surface area contributed by atoms with Gasteiger partial charge < -0.3 is 10.5 Å². The Bertz CT molecular complexity index is 528. The van der Waals surface area contributed by atoms with Crippen LogP contribution in [0.15, 0.2) is 42.7 Å². The fourth-order valence-electron chi connectivity index (χ4n) is 1.96. The van der Waals surface area contributed by atoms with Crippen LogP contribution in [0.3, 0.4) is 0 Å². The van der Waals surface area contributed by atoms with Crippen LogP contribution in [0.1, 0.15) is 23.6 Å². The fraction of sp³-hybridized carbons (Fsp3) is 0.267. The van der Waals surface area contributed by atoms with Crippen molar-refractivity contribution in [1.82, 2.24) is 4.98 Å². The molecule has 19 heavy (non-hydrogen) atoms. The van der Waals surface area contributed by atoms with Crippen LogP contribution in [-0.4, -0.2) is 12.1 Å². The zero-order chi connectivity index (χ0) is 13.7. The summed E-state index contributed by atoms with van der Waals surface area (Å²) in [6.45, 7) is 0. The standard InChI is InChI=1S/C15H17ClN2O/c1-19-12-5-2-11(3-6-12)4-7-15(17)13-8-9-18-10-14(13)16/h2-3,5-6,8-10,15H,4,7,17H2,1H3. The Hall–Kier alpha value is -1.58. The Morgan fingerprint density at radius 1 is 1.26 bits per heavy atom. The molecule has 0 aliphatic carbocycles. The predicted molar refractivity (Wildman–Crippen MR) is 77.5 cm³/mol. The third-order valence-electron chi connectivity index (χ3n) is 3.11. The van der Waals surface area contributed by atoms with Crippen molar-refractivity contribution < 1.29 is 4.74 Å². The lowest BCUT2D eigenvalue weighted by molar-refractivity contribution is 0.414. The molecule has 0 fully saturated rings. The van der Waals surface area contributed by atoms with Crippen molar-refractivity contribution in [3.63, 3.8) is 0 Å². The molecule has 2 N–H and O–H groups in total.